The first-order valence-electron chi connectivity index (χ1n) is 6.30. The number of nitrogen functional groups attached to an aromatic ring is 1. The lowest BCUT2D eigenvalue weighted by molar-refractivity contribution is 0.103. The van der Waals surface area contributed by atoms with Crippen LogP contribution in [0.4, 0.5) is 5.69 Å². The fraction of sp³-hybridized carbons (Fsp3) is 0.118. The number of benzene rings is 1. The topological polar surface area (TPSA) is 43.1 Å². The quantitative estimate of drug-likeness (QED) is 0.502. The summed E-state index contributed by atoms with van der Waals surface area (Å²) in [7, 11) is 0. The predicted molar refractivity (Wildman–Crippen MR) is 79.9 cm³/mol. The second-order valence-corrected chi connectivity index (χ2v) is 4.45. The van der Waals surface area contributed by atoms with Crippen LogP contribution in [-0.4, -0.2) is 5.78 Å². The molecule has 0 aromatic heterocycles. The number of carbonyl (C=O) groups excluding carboxylic acids is 1. The molecule has 1 aromatic rings. The van der Waals surface area contributed by atoms with Gasteiger partial charge < -0.3 is 5.73 Å². The molecule has 0 heterocycles. The zero-order valence-electron chi connectivity index (χ0n) is 11.0. The Morgan fingerprint density at radius 2 is 1.89 bits per heavy atom. The molecule has 96 valence electrons. The van der Waals surface area contributed by atoms with Crippen molar-refractivity contribution in [2.75, 3.05) is 5.73 Å². The first-order valence-corrected chi connectivity index (χ1v) is 6.30. The summed E-state index contributed by atoms with van der Waals surface area (Å²) >= 11 is 0. The van der Waals surface area contributed by atoms with Crippen molar-refractivity contribution in [3.8, 4) is 0 Å². The Morgan fingerprint density at radius 3 is 2.58 bits per heavy atom. The fourth-order valence-electron chi connectivity index (χ4n) is 1.93. The van der Waals surface area contributed by atoms with Gasteiger partial charge in [-0.25, -0.2) is 0 Å². The SMILES string of the molecule is C/C=C\C=C/C1=CC=C(C(=O)c2ccc(N)cc2)C1. The molecule has 1 aliphatic rings. The molecule has 2 rings (SSSR count). The molecule has 0 saturated heterocycles. The molecular weight excluding hydrogens is 234 g/mol. The Hall–Kier alpha value is -2.35. The van der Waals surface area contributed by atoms with E-state index in [1.165, 1.54) is 0 Å². The van der Waals surface area contributed by atoms with Crippen LogP contribution >= 0.6 is 0 Å². The molecule has 2 nitrogen and oxygen atoms in total. The molecule has 0 amide bonds. The summed E-state index contributed by atoms with van der Waals surface area (Å²) < 4.78 is 0. The van der Waals surface area contributed by atoms with Gasteiger partial charge in [0.25, 0.3) is 0 Å². The standard InChI is InChI=1S/C17H17NO/c1-2-3-4-5-13-6-7-15(12-13)17(19)14-8-10-16(18)11-9-14/h2-11H,12,18H2,1H3/b3-2-,5-4-. The van der Waals surface area contributed by atoms with E-state index in [9.17, 15) is 4.79 Å². The number of nitrogens with two attached hydrogens (primary N) is 1. The number of anilines is 1. The maximum atomic E-state index is 12.3. The number of hydrogen-bond acceptors (Lipinski definition) is 2. The maximum Gasteiger partial charge on any atom is 0.189 e. The Labute approximate surface area is 113 Å². The van der Waals surface area contributed by atoms with E-state index >= 15 is 0 Å². The van der Waals surface area contributed by atoms with Crippen LogP contribution in [0.2, 0.25) is 0 Å². The molecule has 0 radical (unpaired) electrons. The van der Waals surface area contributed by atoms with Gasteiger partial charge in [-0.15, -0.1) is 0 Å². The van der Waals surface area contributed by atoms with E-state index in [0.29, 0.717) is 17.7 Å². The molecule has 0 unspecified atom stereocenters. The Bertz CT molecular complexity index is 586. The monoisotopic (exact) mass is 251 g/mol. The van der Waals surface area contributed by atoms with Gasteiger partial charge in [-0.1, -0.05) is 36.5 Å². The van der Waals surface area contributed by atoms with Gasteiger partial charge in [0.1, 0.15) is 0 Å². The summed E-state index contributed by atoms with van der Waals surface area (Å²) in [5.74, 6) is 0.0747. The Kier molecular flexibility index (Phi) is 4.14. The number of allylic oxidation sites excluding steroid dienone is 8. The van der Waals surface area contributed by atoms with Crippen LogP contribution in [0.3, 0.4) is 0 Å². The highest BCUT2D eigenvalue weighted by Crippen LogP contribution is 2.23. The summed E-state index contributed by atoms with van der Waals surface area (Å²) in [6, 6.07) is 7.05. The fourth-order valence-corrected chi connectivity index (χ4v) is 1.93. The van der Waals surface area contributed by atoms with E-state index in [1.54, 1.807) is 24.3 Å². The minimum atomic E-state index is 0.0747. The molecule has 1 aliphatic carbocycles. The van der Waals surface area contributed by atoms with E-state index in [4.69, 9.17) is 5.73 Å². The molecule has 19 heavy (non-hydrogen) atoms. The summed E-state index contributed by atoms with van der Waals surface area (Å²) in [6.07, 6.45) is 12.5. The highest BCUT2D eigenvalue weighted by atomic mass is 16.1. The summed E-state index contributed by atoms with van der Waals surface area (Å²) in [5.41, 5.74) is 8.95. The summed E-state index contributed by atoms with van der Waals surface area (Å²) in [6.45, 7) is 1.97. The van der Waals surface area contributed by atoms with Crippen molar-refractivity contribution in [1.29, 1.82) is 0 Å². The van der Waals surface area contributed by atoms with E-state index in [-0.39, 0.29) is 5.78 Å². The number of ketones is 1. The van der Waals surface area contributed by atoms with Gasteiger partial charge in [0.2, 0.25) is 0 Å². The van der Waals surface area contributed by atoms with Crippen LogP contribution in [0.25, 0.3) is 0 Å². The van der Waals surface area contributed by atoms with E-state index in [2.05, 4.69) is 0 Å². The van der Waals surface area contributed by atoms with Crippen molar-refractivity contribution in [2.45, 2.75) is 13.3 Å². The van der Waals surface area contributed by atoms with Crippen molar-refractivity contribution in [2.24, 2.45) is 0 Å². The third-order valence-corrected chi connectivity index (χ3v) is 2.97. The minimum absolute atomic E-state index is 0.0747. The van der Waals surface area contributed by atoms with Gasteiger partial charge in [0.15, 0.2) is 5.78 Å². The normalized spacial score (nSPS) is 15.0. The van der Waals surface area contributed by atoms with E-state index in [0.717, 1.165) is 11.1 Å². The van der Waals surface area contributed by atoms with Crippen LogP contribution in [0.15, 0.2) is 71.9 Å². The highest BCUT2D eigenvalue weighted by molar-refractivity contribution is 6.09. The number of carbonyl (C=O) groups is 1. The number of rotatable bonds is 4. The van der Waals surface area contributed by atoms with Crippen molar-refractivity contribution in [1.82, 2.24) is 0 Å². The molecule has 2 heteroatoms. The van der Waals surface area contributed by atoms with Crippen LogP contribution in [0.5, 0.6) is 0 Å². The molecule has 0 saturated carbocycles. The van der Waals surface area contributed by atoms with Crippen LogP contribution in [0.1, 0.15) is 23.7 Å². The molecule has 0 spiro atoms. The average Bonchev–Trinajstić information content (AvgIpc) is 2.88. The lowest BCUT2D eigenvalue weighted by Crippen LogP contribution is -2.02. The van der Waals surface area contributed by atoms with Gasteiger partial charge >= 0.3 is 0 Å². The average molecular weight is 251 g/mol. The van der Waals surface area contributed by atoms with Gasteiger partial charge in [-0.2, -0.15) is 0 Å². The highest BCUT2D eigenvalue weighted by Gasteiger charge is 2.15. The molecule has 1 aromatic carbocycles. The molecule has 0 aliphatic heterocycles. The zero-order valence-corrected chi connectivity index (χ0v) is 11.0. The molecule has 2 N–H and O–H groups in total. The van der Waals surface area contributed by atoms with Crippen LogP contribution in [0, 0.1) is 0 Å². The second kappa shape index (κ2) is 6.01. The first kappa shape index (κ1) is 13.1. The van der Waals surface area contributed by atoms with Crippen molar-refractivity contribution in [3.63, 3.8) is 0 Å². The number of hydrogen-bond donors (Lipinski definition) is 1. The molecular formula is C17H17NO. The van der Waals surface area contributed by atoms with Crippen LogP contribution in [-0.2, 0) is 0 Å². The minimum Gasteiger partial charge on any atom is -0.399 e. The molecule has 0 fully saturated rings. The van der Waals surface area contributed by atoms with Gasteiger partial charge in [0.05, 0.1) is 0 Å². The zero-order chi connectivity index (χ0) is 13.7. The lowest BCUT2D eigenvalue weighted by Gasteiger charge is -2.03. The van der Waals surface area contributed by atoms with Crippen molar-refractivity contribution in [3.05, 3.63) is 77.4 Å². The smallest absolute Gasteiger partial charge is 0.189 e. The van der Waals surface area contributed by atoms with E-state index in [1.807, 2.05) is 43.4 Å². The summed E-state index contributed by atoms with van der Waals surface area (Å²) in [5, 5.41) is 0. The van der Waals surface area contributed by atoms with Gasteiger partial charge in [-0.3, -0.25) is 4.79 Å². The molecule has 0 atom stereocenters. The van der Waals surface area contributed by atoms with Crippen LogP contribution < -0.4 is 5.73 Å². The summed E-state index contributed by atoms with van der Waals surface area (Å²) in [4.78, 5) is 12.3. The predicted octanol–water partition coefficient (Wildman–Crippen LogP) is 3.84. The lowest BCUT2D eigenvalue weighted by atomic mass is 10.0. The molecule has 0 bridgehead atoms. The Morgan fingerprint density at radius 1 is 1.16 bits per heavy atom. The third-order valence-electron chi connectivity index (χ3n) is 2.97. The maximum absolute atomic E-state index is 12.3. The first-order chi connectivity index (χ1) is 9.20. The van der Waals surface area contributed by atoms with Crippen molar-refractivity contribution < 1.29 is 4.79 Å². The van der Waals surface area contributed by atoms with Crippen molar-refractivity contribution >= 4 is 11.5 Å². The largest absolute Gasteiger partial charge is 0.399 e. The second-order valence-electron chi connectivity index (χ2n) is 4.45. The van der Waals surface area contributed by atoms with Gasteiger partial charge in [0, 0.05) is 23.2 Å². The Balaban J connectivity index is 2.02. The van der Waals surface area contributed by atoms with E-state index < -0.39 is 0 Å². The third kappa shape index (κ3) is 3.32. The number of Topliss-reactive ketones (excluding diaryl/α,β-unsaturated/α-hetero) is 1. The van der Waals surface area contributed by atoms with Gasteiger partial charge in [-0.05, 0) is 36.8 Å².